The van der Waals surface area contributed by atoms with E-state index in [4.69, 9.17) is 5.26 Å². The number of rotatable bonds is 3. The molecule has 0 saturated carbocycles. The van der Waals surface area contributed by atoms with E-state index in [0.717, 1.165) is 25.1 Å². The van der Waals surface area contributed by atoms with Gasteiger partial charge in [0, 0.05) is 32.4 Å². The van der Waals surface area contributed by atoms with Crippen molar-refractivity contribution in [3.8, 4) is 6.07 Å². The Bertz CT molecular complexity index is 956. The molecule has 1 aromatic carbocycles. The molecule has 4 rings (SSSR count). The van der Waals surface area contributed by atoms with E-state index >= 15 is 0 Å². The van der Waals surface area contributed by atoms with Crippen molar-refractivity contribution in [2.75, 3.05) is 31.1 Å². The van der Waals surface area contributed by atoms with Crippen molar-refractivity contribution in [3.63, 3.8) is 0 Å². The van der Waals surface area contributed by atoms with Crippen LogP contribution in [0.3, 0.4) is 0 Å². The Morgan fingerprint density at radius 2 is 1.77 bits per heavy atom. The first-order valence-corrected chi connectivity index (χ1v) is 10.2. The lowest BCUT2D eigenvalue weighted by molar-refractivity contribution is 0.384. The van der Waals surface area contributed by atoms with E-state index in [9.17, 15) is 8.42 Å². The number of benzene rings is 1. The smallest absolute Gasteiger partial charge is 0.243 e. The number of sulfonamides is 1. The standard InChI is InChI=1S/C19H20N4O2S/c20-13-15-4-7-19(21-14-15)22-8-10-23(11-9-22)26(24,25)18-6-5-16-2-1-3-17(16)12-18/h4-7,12,14H,1-3,8-11H2. The molecule has 134 valence electrons. The second-order valence-corrected chi connectivity index (χ2v) is 8.63. The predicted octanol–water partition coefficient (Wildman–Crippen LogP) is 1.95. The van der Waals surface area contributed by atoms with E-state index in [1.165, 1.54) is 11.1 Å². The quantitative estimate of drug-likeness (QED) is 0.828. The van der Waals surface area contributed by atoms with Crippen molar-refractivity contribution < 1.29 is 8.42 Å². The number of aryl methyl sites for hydroxylation is 2. The molecule has 0 amide bonds. The number of nitrogens with zero attached hydrogens (tertiary/aromatic N) is 4. The van der Waals surface area contributed by atoms with E-state index in [-0.39, 0.29) is 0 Å². The van der Waals surface area contributed by atoms with Gasteiger partial charge in [0.25, 0.3) is 0 Å². The van der Waals surface area contributed by atoms with Gasteiger partial charge in [0.05, 0.1) is 10.5 Å². The second-order valence-electron chi connectivity index (χ2n) is 6.69. The van der Waals surface area contributed by atoms with Gasteiger partial charge in [-0.15, -0.1) is 0 Å². The van der Waals surface area contributed by atoms with Crippen LogP contribution in [0.4, 0.5) is 5.82 Å². The van der Waals surface area contributed by atoms with Crippen molar-refractivity contribution in [2.24, 2.45) is 0 Å². The maximum atomic E-state index is 13.0. The summed E-state index contributed by atoms with van der Waals surface area (Å²) >= 11 is 0. The molecule has 1 aliphatic carbocycles. The Labute approximate surface area is 153 Å². The Morgan fingerprint density at radius 1 is 1.00 bits per heavy atom. The van der Waals surface area contributed by atoms with Gasteiger partial charge in [-0.2, -0.15) is 9.57 Å². The molecule has 1 fully saturated rings. The fourth-order valence-electron chi connectivity index (χ4n) is 3.65. The Kier molecular flexibility index (Phi) is 4.39. The van der Waals surface area contributed by atoms with Crippen molar-refractivity contribution in [3.05, 3.63) is 53.2 Å². The third-order valence-electron chi connectivity index (χ3n) is 5.15. The minimum Gasteiger partial charge on any atom is -0.354 e. The summed E-state index contributed by atoms with van der Waals surface area (Å²) in [4.78, 5) is 6.75. The summed E-state index contributed by atoms with van der Waals surface area (Å²) < 4.78 is 27.5. The number of hydrogen-bond acceptors (Lipinski definition) is 5. The average Bonchev–Trinajstić information content (AvgIpc) is 3.16. The minimum atomic E-state index is -3.46. The summed E-state index contributed by atoms with van der Waals surface area (Å²) in [5.74, 6) is 0.776. The number of hydrogen-bond donors (Lipinski definition) is 0. The molecule has 2 aromatic rings. The molecule has 0 unspecified atom stereocenters. The minimum absolute atomic E-state index is 0.406. The first-order valence-electron chi connectivity index (χ1n) is 8.81. The zero-order chi connectivity index (χ0) is 18.1. The Morgan fingerprint density at radius 3 is 2.46 bits per heavy atom. The van der Waals surface area contributed by atoms with Gasteiger partial charge in [0.15, 0.2) is 0 Å². The van der Waals surface area contributed by atoms with Gasteiger partial charge in [-0.25, -0.2) is 13.4 Å². The van der Waals surface area contributed by atoms with Crippen LogP contribution in [0.2, 0.25) is 0 Å². The van der Waals surface area contributed by atoms with Crippen LogP contribution in [-0.2, 0) is 22.9 Å². The molecule has 0 atom stereocenters. The number of aromatic nitrogens is 1. The Balaban J connectivity index is 1.47. The first kappa shape index (κ1) is 17.0. The summed E-state index contributed by atoms with van der Waals surface area (Å²) in [5, 5.41) is 8.85. The molecule has 0 bridgehead atoms. The van der Waals surface area contributed by atoms with Crippen molar-refractivity contribution in [1.29, 1.82) is 5.26 Å². The van der Waals surface area contributed by atoms with Crippen LogP contribution < -0.4 is 4.90 Å². The van der Waals surface area contributed by atoms with E-state index in [1.54, 1.807) is 22.6 Å². The van der Waals surface area contributed by atoms with Crippen LogP contribution in [-0.4, -0.2) is 43.9 Å². The normalized spacial score (nSPS) is 17.7. The van der Waals surface area contributed by atoms with Crippen LogP contribution in [0.5, 0.6) is 0 Å². The SMILES string of the molecule is N#Cc1ccc(N2CCN(S(=O)(=O)c3ccc4c(c3)CCC4)CC2)nc1. The molecule has 2 heterocycles. The highest BCUT2D eigenvalue weighted by atomic mass is 32.2. The molecular weight excluding hydrogens is 348 g/mol. The van der Waals surface area contributed by atoms with Gasteiger partial charge in [-0.1, -0.05) is 6.07 Å². The number of pyridine rings is 1. The van der Waals surface area contributed by atoms with Crippen LogP contribution in [0, 0.1) is 11.3 Å². The van der Waals surface area contributed by atoms with E-state index in [1.807, 2.05) is 18.2 Å². The molecule has 26 heavy (non-hydrogen) atoms. The molecule has 1 saturated heterocycles. The number of piperazine rings is 1. The number of anilines is 1. The molecule has 0 spiro atoms. The van der Waals surface area contributed by atoms with Gasteiger partial charge in [0.2, 0.25) is 10.0 Å². The first-order chi connectivity index (χ1) is 12.6. The van der Waals surface area contributed by atoms with Gasteiger partial charge >= 0.3 is 0 Å². The second kappa shape index (κ2) is 6.71. The Hall–Kier alpha value is -2.43. The van der Waals surface area contributed by atoms with Crippen molar-refractivity contribution in [1.82, 2.24) is 9.29 Å². The van der Waals surface area contributed by atoms with Crippen molar-refractivity contribution >= 4 is 15.8 Å². The lowest BCUT2D eigenvalue weighted by Gasteiger charge is -2.34. The van der Waals surface area contributed by atoms with Crippen molar-refractivity contribution in [2.45, 2.75) is 24.2 Å². The maximum Gasteiger partial charge on any atom is 0.243 e. The highest BCUT2D eigenvalue weighted by Crippen LogP contribution is 2.27. The molecule has 6 nitrogen and oxygen atoms in total. The largest absolute Gasteiger partial charge is 0.354 e. The third kappa shape index (κ3) is 3.06. The molecule has 1 aromatic heterocycles. The monoisotopic (exact) mass is 368 g/mol. The molecule has 0 N–H and O–H groups in total. The topological polar surface area (TPSA) is 77.3 Å². The molecule has 1 aliphatic heterocycles. The van der Waals surface area contributed by atoms with Gasteiger partial charge in [0.1, 0.15) is 11.9 Å². The van der Waals surface area contributed by atoms with Gasteiger partial charge in [-0.3, -0.25) is 0 Å². The third-order valence-corrected chi connectivity index (χ3v) is 7.04. The number of nitriles is 1. The molecule has 2 aliphatic rings. The van der Waals surface area contributed by atoms with E-state index in [2.05, 4.69) is 16.0 Å². The summed E-state index contributed by atoms with van der Waals surface area (Å²) in [6, 6.07) is 11.2. The highest BCUT2D eigenvalue weighted by Gasteiger charge is 2.29. The lowest BCUT2D eigenvalue weighted by atomic mass is 10.1. The predicted molar refractivity (Wildman–Crippen MR) is 98.4 cm³/mol. The zero-order valence-electron chi connectivity index (χ0n) is 14.4. The fourth-order valence-corrected chi connectivity index (χ4v) is 5.13. The maximum absolute atomic E-state index is 13.0. The van der Waals surface area contributed by atoms with Crippen LogP contribution in [0.1, 0.15) is 23.1 Å². The van der Waals surface area contributed by atoms with Gasteiger partial charge in [-0.05, 0) is 54.7 Å². The average molecular weight is 368 g/mol. The van der Waals surface area contributed by atoms with E-state index in [0.29, 0.717) is 36.6 Å². The van der Waals surface area contributed by atoms with Crippen LogP contribution in [0.25, 0.3) is 0 Å². The summed E-state index contributed by atoms with van der Waals surface area (Å²) in [6.07, 6.45) is 4.67. The summed E-state index contributed by atoms with van der Waals surface area (Å²) in [7, 11) is -3.46. The van der Waals surface area contributed by atoms with Gasteiger partial charge < -0.3 is 4.90 Å². The molecule has 7 heteroatoms. The molecule has 0 radical (unpaired) electrons. The highest BCUT2D eigenvalue weighted by molar-refractivity contribution is 7.89. The fraction of sp³-hybridized carbons (Fsp3) is 0.368. The zero-order valence-corrected chi connectivity index (χ0v) is 15.2. The molecular formula is C19H20N4O2S. The number of fused-ring (bicyclic) bond motifs is 1. The summed E-state index contributed by atoms with van der Waals surface area (Å²) in [6.45, 7) is 2.04. The van der Waals surface area contributed by atoms with Crippen LogP contribution in [0.15, 0.2) is 41.4 Å². The van der Waals surface area contributed by atoms with E-state index < -0.39 is 10.0 Å². The summed E-state index contributed by atoms with van der Waals surface area (Å²) in [5.41, 5.74) is 2.97. The van der Waals surface area contributed by atoms with Crippen LogP contribution >= 0.6 is 0 Å². The lowest BCUT2D eigenvalue weighted by Crippen LogP contribution is -2.48.